The van der Waals surface area contributed by atoms with E-state index in [0.29, 0.717) is 5.69 Å². The third-order valence-corrected chi connectivity index (χ3v) is 4.07. The Kier molecular flexibility index (Phi) is 4.45. The molecule has 0 saturated carbocycles. The molecule has 1 aliphatic rings. The minimum atomic E-state index is -0.418. The molecule has 3 N–H and O–H groups in total. The van der Waals surface area contributed by atoms with Crippen molar-refractivity contribution in [3.63, 3.8) is 0 Å². The van der Waals surface area contributed by atoms with Crippen LogP contribution < -0.4 is 16.0 Å². The van der Waals surface area contributed by atoms with Gasteiger partial charge in [0.15, 0.2) is 0 Å². The number of hydrogen-bond acceptors (Lipinski definition) is 3. The smallest absolute Gasteiger partial charge is 0.229 e. The second-order valence-electron chi connectivity index (χ2n) is 7.15. The zero-order chi connectivity index (χ0) is 15.6. The summed E-state index contributed by atoms with van der Waals surface area (Å²) < 4.78 is 0. The highest BCUT2D eigenvalue weighted by atomic mass is 16.2. The van der Waals surface area contributed by atoms with Gasteiger partial charge in [0.2, 0.25) is 5.91 Å². The Morgan fingerprint density at radius 3 is 2.48 bits per heavy atom. The van der Waals surface area contributed by atoms with Crippen molar-refractivity contribution >= 4 is 23.0 Å². The van der Waals surface area contributed by atoms with Crippen molar-refractivity contribution in [3.8, 4) is 0 Å². The number of piperidine rings is 1. The van der Waals surface area contributed by atoms with E-state index < -0.39 is 5.41 Å². The standard InChI is InChI=1S/C17H27N3O/c1-12-7-9-20(10-8-12)15-6-5-13(18)11-14(15)19-16(21)17(2,3)4/h5-6,11-12H,7-10,18H2,1-4H3,(H,19,21). The number of nitrogen functional groups attached to an aromatic ring is 1. The summed E-state index contributed by atoms with van der Waals surface area (Å²) in [4.78, 5) is 14.6. The lowest BCUT2D eigenvalue weighted by molar-refractivity contribution is -0.123. The number of nitrogens with zero attached hydrogens (tertiary/aromatic N) is 1. The van der Waals surface area contributed by atoms with E-state index >= 15 is 0 Å². The molecule has 116 valence electrons. The molecule has 21 heavy (non-hydrogen) atoms. The van der Waals surface area contributed by atoms with Gasteiger partial charge in [-0.15, -0.1) is 0 Å². The van der Waals surface area contributed by atoms with Crippen LogP contribution in [0.15, 0.2) is 18.2 Å². The number of benzene rings is 1. The molecule has 0 radical (unpaired) electrons. The molecule has 1 amide bonds. The van der Waals surface area contributed by atoms with E-state index in [4.69, 9.17) is 5.73 Å². The summed E-state index contributed by atoms with van der Waals surface area (Å²) in [6, 6.07) is 5.78. The summed E-state index contributed by atoms with van der Waals surface area (Å²) in [5, 5.41) is 3.04. The number of carbonyl (C=O) groups excluding carboxylic acids is 1. The van der Waals surface area contributed by atoms with Crippen molar-refractivity contribution in [1.82, 2.24) is 0 Å². The molecule has 4 nitrogen and oxygen atoms in total. The van der Waals surface area contributed by atoms with Crippen LogP contribution in [0, 0.1) is 11.3 Å². The van der Waals surface area contributed by atoms with Gasteiger partial charge in [0.1, 0.15) is 0 Å². The number of nitrogens with two attached hydrogens (primary N) is 1. The lowest BCUT2D eigenvalue weighted by Crippen LogP contribution is -2.34. The molecule has 4 heteroatoms. The quantitative estimate of drug-likeness (QED) is 0.819. The fourth-order valence-electron chi connectivity index (χ4n) is 2.49. The maximum atomic E-state index is 12.3. The molecule has 1 aliphatic heterocycles. The highest BCUT2D eigenvalue weighted by Crippen LogP contribution is 2.32. The Labute approximate surface area is 127 Å². The van der Waals surface area contributed by atoms with Gasteiger partial charge in [-0.25, -0.2) is 0 Å². The van der Waals surface area contributed by atoms with E-state index in [0.717, 1.165) is 30.4 Å². The van der Waals surface area contributed by atoms with Crippen molar-refractivity contribution in [2.75, 3.05) is 29.0 Å². The Bertz CT molecular complexity index is 511. The van der Waals surface area contributed by atoms with Crippen LogP contribution in [0.1, 0.15) is 40.5 Å². The third-order valence-electron chi connectivity index (χ3n) is 4.07. The minimum absolute atomic E-state index is 0.0136. The van der Waals surface area contributed by atoms with Gasteiger partial charge in [0, 0.05) is 24.2 Å². The predicted octanol–water partition coefficient (Wildman–Crippen LogP) is 3.49. The molecule has 0 aromatic heterocycles. The van der Waals surface area contributed by atoms with E-state index in [9.17, 15) is 4.79 Å². The monoisotopic (exact) mass is 289 g/mol. The van der Waals surface area contributed by atoms with Crippen molar-refractivity contribution < 1.29 is 4.79 Å². The lowest BCUT2D eigenvalue weighted by atomic mass is 9.95. The minimum Gasteiger partial charge on any atom is -0.399 e. The summed E-state index contributed by atoms with van der Waals surface area (Å²) in [6.07, 6.45) is 2.38. The SMILES string of the molecule is CC1CCN(c2ccc(N)cc2NC(=O)C(C)(C)C)CC1. The summed E-state index contributed by atoms with van der Waals surface area (Å²) in [7, 11) is 0. The van der Waals surface area contributed by atoms with Gasteiger partial charge in [-0.1, -0.05) is 27.7 Å². The maximum absolute atomic E-state index is 12.3. The van der Waals surface area contributed by atoms with E-state index in [-0.39, 0.29) is 5.91 Å². The molecule has 1 heterocycles. The van der Waals surface area contributed by atoms with Gasteiger partial charge in [-0.3, -0.25) is 4.79 Å². The average Bonchev–Trinajstić information content (AvgIpc) is 2.39. The van der Waals surface area contributed by atoms with Gasteiger partial charge < -0.3 is 16.0 Å². The van der Waals surface area contributed by atoms with E-state index in [2.05, 4.69) is 17.1 Å². The highest BCUT2D eigenvalue weighted by Gasteiger charge is 2.24. The molecule has 0 bridgehead atoms. The number of anilines is 3. The van der Waals surface area contributed by atoms with Gasteiger partial charge in [-0.2, -0.15) is 0 Å². The summed E-state index contributed by atoms with van der Waals surface area (Å²) in [6.45, 7) is 10.1. The molecule has 0 aliphatic carbocycles. The van der Waals surface area contributed by atoms with E-state index in [1.54, 1.807) is 0 Å². The fourth-order valence-corrected chi connectivity index (χ4v) is 2.49. The summed E-state index contributed by atoms with van der Waals surface area (Å²) >= 11 is 0. The molecular weight excluding hydrogens is 262 g/mol. The first-order valence-electron chi connectivity index (χ1n) is 7.73. The van der Waals surface area contributed by atoms with Crippen molar-refractivity contribution in [3.05, 3.63) is 18.2 Å². The summed E-state index contributed by atoms with van der Waals surface area (Å²) in [5.74, 6) is 0.794. The fraction of sp³-hybridized carbons (Fsp3) is 0.588. The molecule has 0 atom stereocenters. The third kappa shape index (κ3) is 3.90. The summed E-state index contributed by atoms with van der Waals surface area (Å²) in [5.41, 5.74) is 8.05. The van der Waals surface area contributed by atoms with Gasteiger partial charge in [0.25, 0.3) is 0 Å². The number of carbonyl (C=O) groups is 1. The van der Waals surface area contributed by atoms with Crippen LogP contribution in [-0.2, 0) is 4.79 Å². The molecule has 1 aromatic carbocycles. The molecule has 0 spiro atoms. The first-order valence-corrected chi connectivity index (χ1v) is 7.73. The molecule has 1 saturated heterocycles. The average molecular weight is 289 g/mol. The molecule has 1 fully saturated rings. The van der Waals surface area contributed by atoms with Crippen molar-refractivity contribution in [1.29, 1.82) is 0 Å². The zero-order valence-electron chi connectivity index (χ0n) is 13.6. The van der Waals surface area contributed by atoms with Gasteiger partial charge in [-0.05, 0) is 37.0 Å². The zero-order valence-corrected chi connectivity index (χ0v) is 13.6. The van der Waals surface area contributed by atoms with Crippen LogP contribution in [0.25, 0.3) is 0 Å². The molecule has 1 aromatic rings. The highest BCUT2D eigenvalue weighted by molar-refractivity contribution is 5.98. The number of nitrogens with one attached hydrogen (secondary N) is 1. The van der Waals surface area contributed by atoms with Crippen LogP contribution in [0.4, 0.5) is 17.1 Å². The van der Waals surface area contributed by atoms with Crippen LogP contribution in [-0.4, -0.2) is 19.0 Å². The van der Waals surface area contributed by atoms with E-state index in [1.165, 1.54) is 12.8 Å². The van der Waals surface area contributed by atoms with Crippen molar-refractivity contribution in [2.45, 2.75) is 40.5 Å². The van der Waals surface area contributed by atoms with Crippen molar-refractivity contribution in [2.24, 2.45) is 11.3 Å². The normalized spacial score (nSPS) is 16.9. The van der Waals surface area contributed by atoms with Gasteiger partial charge >= 0.3 is 0 Å². The van der Waals surface area contributed by atoms with Crippen LogP contribution in [0.5, 0.6) is 0 Å². The molecule has 2 rings (SSSR count). The largest absolute Gasteiger partial charge is 0.399 e. The second kappa shape index (κ2) is 5.96. The first-order chi connectivity index (χ1) is 9.77. The van der Waals surface area contributed by atoms with Crippen LogP contribution in [0.3, 0.4) is 0 Å². The predicted molar refractivity (Wildman–Crippen MR) is 89.6 cm³/mol. The Hall–Kier alpha value is -1.71. The van der Waals surface area contributed by atoms with Crippen LogP contribution >= 0.6 is 0 Å². The lowest BCUT2D eigenvalue weighted by Gasteiger charge is -2.34. The Morgan fingerprint density at radius 1 is 1.29 bits per heavy atom. The maximum Gasteiger partial charge on any atom is 0.229 e. The Balaban J connectivity index is 2.23. The van der Waals surface area contributed by atoms with Gasteiger partial charge in [0.05, 0.1) is 11.4 Å². The van der Waals surface area contributed by atoms with Crippen LogP contribution in [0.2, 0.25) is 0 Å². The number of hydrogen-bond donors (Lipinski definition) is 2. The Morgan fingerprint density at radius 2 is 1.90 bits per heavy atom. The molecule has 0 unspecified atom stereocenters. The number of amides is 1. The topological polar surface area (TPSA) is 58.4 Å². The first kappa shape index (κ1) is 15.7. The number of rotatable bonds is 2. The van der Waals surface area contributed by atoms with E-state index in [1.807, 2.05) is 39.0 Å². The second-order valence-corrected chi connectivity index (χ2v) is 7.15. The molecular formula is C17H27N3O.